The molecule has 0 saturated carbocycles. The molecule has 1 heterocycles. The highest BCUT2D eigenvalue weighted by molar-refractivity contribution is 5.29. The van der Waals surface area contributed by atoms with Crippen LogP contribution in [0.2, 0.25) is 0 Å². The van der Waals surface area contributed by atoms with Gasteiger partial charge in [-0.15, -0.1) is 0 Å². The first-order valence-electron chi connectivity index (χ1n) is 5.41. The van der Waals surface area contributed by atoms with Gasteiger partial charge in [-0.25, -0.2) is 0 Å². The Morgan fingerprint density at radius 3 is 2.73 bits per heavy atom. The first kappa shape index (κ1) is 11.7. The van der Waals surface area contributed by atoms with Gasteiger partial charge in [0.25, 0.3) is 0 Å². The van der Waals surface area contributed by atoms with E-state index in [1.165, 1.54) is 12.8 Å². The van der Waals surface area contributed by atoms with E-state index >= 15 is 0 Å². The lowest BCUT2D eigenvalue weighted by Crippen LogP contribution is -2.14. The molecule has 2 heteroatoms. The molecule has 0 aliphatic carbocycles. The Kier molecular flexibility index (Phi) is 3.85. The minimum absolute atomic E-state index is 0.296. The first-order valence-corrected chi connectivity index (χ1v) is 5.41. The highest BCUT2D eigenvalue weighted by atomic mass is 14.6. The molecule has 0 amide bonds. The number of nitrogens with zero attached hydrogens (tertiary/aromatic N) is 2. The third-order valence-corrected chi connectivity index (χ3v) is 2.53. The molecule has 0 aromatic carbocycles. The molecular weight excluding hydrogens is 184 g/mol. The van der Waals surface area contributed by atoms with Crippen LogP contribution in [0.25, 0.3) is 0 Å². The van der Waals surface area contributed by atoms with Crippen LogP contribution in [0.1, 0.15) is 44.7 Å². The van der Waals surface area contributed by atoms with E-state index < -0.39 is 0 Å². The summed E-state index contributed by atoms with van der Waals surface area (Å²) in [4.78, 5) is 4.08. The maximum Gasteiger partial charge on any atom is 0.101 e. The third kappa shape index (κ3) is 3.71. The zero-order valence-corrected chi connectivity index (χ0v) is 9.75. The summed E-state index contributed by atoms with van der Waals surface area (Å²) in [5.74, 6) is 0. The Morgan fingerprint density at radius 2 is 2.13 bits per heavy atom. The van der Waals surface area contributed by atoms with Crippen LogP contribution in [0, 0.1) is 16.7 Å². The van der Waals surface area contributed by atoms with Crippen LogP contribution in [0.5, 0.6) is 0 Å². The van der Waals surface area contributed by atoms with Crippen LogP contribution in [0.3, 0.4) is 0 Å². The zero-order chi connectivity index (χ0) is 11.3. The number of nitriles is 1. The molecule has 80 valence electrons. The quantitative estimate of drug-likeness (QED) is 0.751. The van der Waals surface area contributed by atoms with Crippen LogP contribution in [-0.2, 0) is 6.42 Å². The first-order chi connectivity index (χ1) is 7.07. The van der Waals surface area contributed by atoms with E-state index in [4.69, 9.17) is 5.26 Å². The summed E-state index contributed by atoms with van der Waals surface area (Å²) in [6, 6.07) is 4.06. The fourth-order valence-corrected chi connectivity index (χ4v) is 1.96. The molecule has 0 atom stereocenters. The molecular formula is C13H18N2. The monoisotopic (exact) mass is 202 g/mol. The van der Waals surface area contributed by atoms with Gasteiger partial charge in [-0.05, 0) is 29.9 Å². The van der Waals surface area contributed by atoms with Gasteiger partial charge in [-0.2, -0.15) is 5.26 Å². The lowest BCUT2D eigenvalue weighted by molar-refractivity contribution is 0.328. The SMILES string of the molecule is CCCC(C)(C)Cc1cncc(C#N)c1. The average Bonchev–Trinajstić information content (AvgIpc) is 2.17. The lowest BCUT2D eigenvalue weighted by atomic mass is 9.82. The zero-order valence-electron chi connectivity index (χ0n) is 9.75. The minimum Gasteiger partial charge on any atom is -0.263 e. The fourth-order valence-electron chi connectivity index (χ4n) is 1.96. The van der Waals surface area contributed by atoms with Gasteiger partial charge >= 0.3 is 0 Å². The Morgan fingerprint density at radius 1 is 1.40 bits per heavy atom. The number of hydrogen-bond donors (Lipinski definition) is 0. The van der Waals surface area contributed by atoms with Crippen molar-refractivity contribution in [3.8, 4) is 6.07 Å². The molecule has 0 N–H and O–H groups in total. The molecule has 0 spiro atoms. The molecule has 1 rings (SSSR count). The molecule has 0 aliphatic heterocycles. The fraction of sp³-hybridized carbons (Fsp3) is 0.538. The van der Waals surface area contributed by atoms with Crippen LogP contribution < -0.4 is 0 Å². The molecule has 0 unspecified atom stereocenters. The van der Waals surface area contributed by atoms with E-state index in [2.05, 4.69) is 31.8 Å². The molecule has 15 heavy (non-hydrogen) atoms. The standard InChI is InChI=1S/C13H18N2/c1-4-5-13(2,3)7-11-6-12(8-14)10-15-9-11/h6,9-10H,4-5,7H2,1-3H3. The van der Waals surface area contributed by atoms with Gasteiger partial charge in [-0.1, -0.05) is 27.2 Å². The lowest BCUT2D eigenvalue weighted by Gasteiger charge is -2.23. The van der Waals surface area contributed by atoms with Crippen molar-refractivity contribution in [3.63, 3.8) is 0 Å². The summed E-state index contributed by atoms with van der Waals surface area (Å²) in [6.07, 6.45) is 6.85. The van der Waals surface area contributed by atoms with Crippen molar-refractivity contribution in [2.45, 2.75) is 40.0 Å². The van der Waals surface area contributed by atoms with Gasteiger partial charge in [0.15, 0.2) is 0 Å². The van der Waals surface area contributed by atoms with Crippen molar-refractivity contribution in [3.05, 3.63) is 29.6 Å². The number of aromatic nitrogens is 1. The Labute approximate surface area is 92.0 Å². The highest BCUT2D eigenvalue weighted by Gasteiger charge is 2.17. The Hall–Kier alpha value is -1.36. The van der Waals surface area contributed by atoms with Gasteiger partial charge in [-0.3, -0.25) is 4.98 Å². The largest absolute Gasteiger partial charge is 0.263 e. The van der Waals surface area contributed by atoms with Crippen LogP contribution in [0.4, 0.5) is 0 Å². The van der Waals surface area contributed by atoms with Crippen LogP contribution in [-0.4, -0.2) is 4.98 Å². The normalized spacial score (nSPS) is 11.1. The van der Waals surface area contributed by atoms with Crippen molar-refractivity contribution in [2.75, 3.05) is 0 Å². The predicted molar refractivity (Wildman–Crippen MR) is 61.3 cm³/mol. The van der Waals surface area contributed by atoms with E-state index in [1.54, 1.807) is 6.20 Å². The predicted octanol–water partition coefficient (Wildman–Crippen LogP) is 3.32. The second-order valence-corrected chi connectivity index (χ2v) is 4.78. The molecule has 0 aliphatic rings. The second-order valence-electron chi connectivity index (χ2n) is 4.78. The molecule has 1 aromatic rings. The van der Waals surface area contributed by atoms with Crippen molar-refractivity contribution >= 4 is 0 Å². The molecule has 0 radical (unpaired) electrons. The highest BCUT2D eigenvalue weighted by Crippen LogP contribution is 2.27. The van der Waals surface area contributed by atoms with Crippen LogP contribution in [0.15, 0.2) is 18.5 Å². The van der Waals surface area contributed by atoms with Gasteiger partial charge in [0.05, 0.1) is 5.56 Å². The van der Waals surface area contributed by atoms with E-state index in [1.807, 2.05) is 12.3 Å². The van der Waals surface area contributed by atoms with E-state index in [0.29, 0.717) is 11.0 Å². The van der Waals surface area contributed by atoms with Crippen LogP contribution >= 0.6 is 0 Å². The van der Waals surface area contributed by atoms with Gasteiger partial charge in [0.2, 0.25) is 0 Å². The smallest absolute Gasteiger partial charge is 0.101 e. The van der Waals surface area contributed by atoms with Crippen molar-refractivity contribution in [1.29, 1.82) is 5.26 Å². The average molecular weight is 202 g/mol. The van der Waals surface area contributed by atoms with Gasteiger partial charge in [0, 0.05) is 12.4 Å². The Balaban J connectivity index is 2.76. The maximum absolute atomic E-state index is 8.77. The topological polar surface area (TPSA) is 36.7 Å². The van der Waals surface area contributed by atoms with E-state index in [0.717, 1.165) is 12.0 Å². The van der Waals surface area contributed by atoms with Crippen molar-refractivity contribution in [2.24, 2.45) is 5.41 Å². The number of pyridine rings is 1. The van der Waals surface area contributed by atoms with Gasteiger partial charge in [0.1, 0.15) is 6.07 Å². The second kappa shape index (κ2) is 4.93. The van der Waals surface area contributed by atoms with E-state index in [-0.39, 0.29) is 0 Å². The Bertz CT molecular complexity index is 361. The number of rotatable bonds is 4. The summed E-state index contributed by atoms with van der Waals surface area (Å²) in [7, 11) is 0. The molecule has 2 nitrogen and oxygen atoms in total. The maximum atomic E-state index is 8.77. The van der Waals surface area contributed by atoms with Gasteiger partial charge < -0.3 is 0 Å². The third-order valence-electron chi connectivity index (χ3n) is 2.53. The van der Waals surface area contributed by atoms with E-state index in [9.17, 15) is 0 Å². The minimum atomic E-state index is 0.296. The summed E-state index contributed by atoms with van der Waals surface area (Å²) in [5.41, 5.74) is 2.11. The molecule has 0 saturated heterocycles. The summed E-state index contributed by atoms with van der Waals surface area (Å²) < 4.78 is 0. The summed E-state index contributed by atoms with van der Waals surface area (Å²) in [5, 5.41) is 8.77. The van der Waals surface area contributed by atoms with Crippen molar-refractivity contribution < 1.29 is 0 Å². The number of hydrogen-bond acceptors (Lipinski definition) is 2. The molecule has 0 bridgehead atoms. The molecule has 0 fully saturated rings. The summed E-state index contributed by atoms with van der Waals surface area (Å²) in [6.45, 7) is 6.72. The molecule has 1 aromatic heterocycles. The summed E-state index contributed by atoms with van der Waals surface area (Å²) >= 11 is 0. The van der Waals surface area contributed by atoms with Crippen molar-refractivity contribution in [1.82, 2.24) is 4.98 Å².